The number of pyridine rings is 1. The molecule has 0 bridgehead atoms. The maximum absolute atomic E-state index is 13.9. The minimum atomic E-state index is -0.917. The third kappa shape index (κ3) is 3.75. The lowest BCUT2D eigenvalue weighted by atomic mass is 9.54. The van der Waals surface area contributed by atoms with Gasteiger partial charge in [-0.1, -0.05) is 19.1 Å². The van der Waals surface area contributed by atoms with Crippen molar-refractivity contribution in [2.75, 3.05) is 6.61 Å². The molecular formula is C28H32FNO3. The largest absolute Gasteiger partial charge is 0.492 e. The molecule has 1 N–H and O–H groups in total. The van der Waals surface area contributed by atoms with Crippen LogP contribution in [-0.2, 0) is 11.2 Å². The van der Waals surface area contributed by atoms with Crippen molar-refractivity contribution in [3.05, 3.63) is 65.2 Å². The SMILES string of the molecule is CC(C)(COc1ccc2c(c1)CCC1C2CCC2(C)C(c3cncc(F)c3)=CCC12)C(=O)O. The maximum Gasteiger partial charge on any atom is 0.312 e. The minimum absolute atomic E-state index is 0.0691. The van der Waals surface area contributed by atoms with E-state index in [0.717, 1.165) is 43.4 Å². The van der Waals surface area contributed by atoms with E-state index in [-0.39, 0.29) is 17.8 Å². The van der Waals surface area contributed by atoms with E-state index in [0.29, 0.717) is 17.8 Å². The Balaban J connectivity index is 1.35. The van der Waals surface area contributed by atoms with E-state index in [9.17, 15) is 14.3 Å². The number of fused-ring (bicyclic) bond motifs is 5. The predicted molar refractivity (Wildman–Crippen MR) is 126 cm³/mol. The van der Waals surface area contributed by atoms with Crippen molar-refractivity contribution in [2.24, 2.45) is 22.7 Å². The van der Waals surface area contributed by atoms with Gasteiger partial charge in [0, 0.05) is 6.20 Å². The number of halogens is 1. The summed E-state index contributed by atoms with van der Waals surface area (Å²) < 4.78 is 19.7. The highest BCUT2D eigenvalue weighted by molar-refractivity contribution is 5.74. The summed E-state index contributed by atoms with van der Waals surface area (Å²) in [5, 5.41) is 9.33. The fraction of sp³-hybridized carbons (Fsp3) is 0.500. The Morgan fingerprint density at radius 3 is 2.85 bits per heavy atom. The van der Waals surface area contributed by atoms with Crippen LogP contribution >= 0.6 is 0 Å². The molecule has 4 atom stereocenters. The summed E-state index contributed by atoms with van der Waals surface area (Å²) in [5.41, 5.74) is 4.12. The van der Waals surface area contributed by atoms with Crippen molar-refractivity contribution < 1.29 is 19.0 Å². The number of allylic oxidation sites excluding steroid dienone is 2. The molecule has 0 radical (unpaired) electrons. The van der Waals surface area contributed by atoms with E-state index in [1.54, 1.807) is 26.1 Å². The van der Waals surface area contributed by atoms with Gasteiger partial charge in [-0.05, 0) is 110 Å². The van der Waals surface area contributed by atoms with E-state index in [1.807, 2.05) is 6.07 Å². The molecule has 1 aromatic carbocycles. The molecule has 5 heteroatoms. The first-order valence-corrected chi connectivity index (χ1v) is 12.0. The van der Waals surface area contributed by atoms with Gasteiger partial charge in [0.05, 0.1) is 11.6 Å². The second kappa shape index (κ2) is 7.96. The highest BCUT2D eigenvalue weighted by atomic mass is 19.1. The Hall–Kier alpha value is -2.69. The molecule has 1 fully saturated rings. The average Bonchev–Trinajstić information content (AvgIpc) is 3.14. The first-order valence-electron chi connectivity index (χ1n) is 12.0. The van der Waals surface area contributed by atoms with Crippen molar-refractivity contribution in [1.29, 1.82) is 0 Å². The van der Waals surface area contributed by atoms with Crippen molar-refractivity contribution in [2.45, 2.75) is 58.8 Å². The van der Waals surface area contributed by atoms with Crippen LogP contribution in [0.2, 0.25) is 0 Å². The lowest BCUT2D eigenvalue weighted by Crippen LogP contribution is -2.40. The molecule has 5 rings (SSSR count). The molecule has 3 aliphatic carbocycles. The van der Waals surface area contributed by atoms with Gasteiger partial charge in [0.25, 0.3) is 0 Å². The van der Waals surface area contributed by atoms with Gasteiger partial charge in [0.15, 0.2) is 0 Å². The standard InChI is InChI=1S/C28H32FNO3/c1-27(2,26(31)32)16-33-20-5-7-21-17(13-20)4-6-23-22(21)10-11-28(3)24(8-9-25(23)28)18-12-19(29)15-30-14-18/h5,7-8,12-15,22-23,25H,4,6,9-11,16H2,1-3H3,(H,31,32). The van der Waals surface area contributed by atoms with E-state index in [2.05, 4.69) is 30.1 Å². The Kier molecular flexibility index (Phi) is 5.34. The third-order valence-corrected chi connectivity index (χ3v) is 8.47. The number of ether oxygens (including phenoxy) is 1. The molecule has 1 saturated carbocycles. The number of carboxylic acids is 1. The number of aliphatic carboxylic acids is 1. The topological polar surface area (TPSA) is 59.4 Å². The summed E-state index contributed by atoms with van der Waals surface area (Å²) in [6.45, 7) is 5.88. The van der Waals surface area contributed by atoms with Crippen LogP contribution in [0.25, 0.3) is 5.57 Å². The first-order chi connectivity index (χ1) is 15.7. The molecule has 0 amide bonds. The molecule has 33 heavy (non-hydrogen) atoms. The molecule has 3 aliphatic rings. The quantitative estimate of drug-likeness (QED) is 0.585. The summed E-state index contributed by atoms with van der Waals surface area (Å²) in [5.74, 6) is 1.34. The zero-order chi connectivity index (χ0) is 23.4. The fourth-order valence-corrected chi connectivity index (χ4v) is 6.55. The summed E-state index contributed by atoms with van der Waals surface area (Å²) >= 11 is 0. The summed E-state index contributed by atoms with van der Waals surface area (Å²) in [7, 11) is 0. The lowest BCUT2D eigenvalue weighted by Gasteiger charge is -2.50. The minimum Gasteiger partial charge on any atom is -0.492 e. The van der Waals surface area contributed by atoms with E-state index >= 15 is 0 Å². The Labute approximate surface area is 194 Å². The number of hydrogen-bond donors (Lipinski definition) is 1. The first kappa shape index (κ1) is 22.1. The Morgan fingerprint density at radius 2 is 2.09 bits per heavy atom. The van der Waals surface area contributed by atoms with Gasteiger partial charge in [-0.25, -0.2) is 4.39 Å². The van der Waals surface area contributed by atoms with Gasteiger partial charge < -0.3 is 9.84 Å². The van der Waals surface area contributed by atoms with Crippen LogP contribution in [0.4, 0.5) is 4.39 Å². The van der Waals surface area contributed by atoms with E-state index in [4.69, 9.17) is 4.74 Å². The van der Waals surface area contributed by atoms with Crippen molar-refractivity contribution in [3.63, 3.8) is 0 Å². The molecule has 1 heterocycles. The van der Waals surface area contributed by atoms with Crippen LogP contribution in [0.15, 0.2) is 42.7 Å². The van der Waals surface area contributed by atoms with Gasteiger partial charge in [-0.2, -0.15) is 0 Å². The smallest absolute Gasteiger partial charge is 0.312 e. The Bertz CT molecular complexity index is 1120. The number of aromatic nitrogens is 1. The van der Waals surface area contributed by atoms with Gasteiger partial charge in [0.1, 0.15) is 18.2 Å². The van der Waals surface area contributed by atoms with Crippen LogP contribution in [0.5, 0.6) is 5.75 Å². The number of aryl methyl sites for hydroxylation is 1. The molecule has 4 nitrogen and oxygen atoms in total. The molecule has 2 aromatic rings. The Morgan fingerprint density at radius 1 is 1.27 bits per heavy atom. The van der Waals surface area contributed by atoms with Gasteiger partial charge in [-0.15, -0.1) is 0 Å². The summed E-state index contributed by atoms with van der Waals surface area (Å²) in [6.07, 6.45) is 10.8. The third-order valence-electron chi connectivity index (χ3n) is 8.47. The number of hydrogen-bond acceptors (Lipinski definition) is 3. The van der Waals surface area contributed by atoms with Crippen molar-refractivity contribution in [1.82, 2.24) is 4.98 Å². The fourth-order valence-electron chi connectivity index (χ4n) is 6.55. The molecule has 0 spiro atoms. The van der Waals surface area contributed by atoms with Crippen LogP contribution in [0, 0.1) is 28.5 Å². The number of rotatable bonds is 5. The number of nitrogens with zero attached hydrogens (tertiary/aromatic N) is 1. The lowest BCUT2D eigenvalue weighted by molar-refractivity contribution is -0.148. The molecule has 174 valence electrons. The molecule has 0 aliphatic heterocycles. The number of benzene rings is 1. The van der Waals surface area contributed by atoms with E-state index < -0.39 is 11.4 Å². The second-order valence-electron chi connectivity index (χ2n) is 11.0. The molecule has 1 aromatic heterocycles. The molecule has 0 saturated heterocycles. The van der Waals surface area contributed by atoms with Gasteiger partial charge >= 0.3 is 5.97 Å². The van der Waals surface area contributed by atoms with Crippen LogP contribution in [-0.4, -0.2) is 22.7 Å². The maximum atomic E-state index is 13.9. The monoisotopic (exact) mass is 449 g/mol. The number of carboxylic acid groups (broad SMARTS) is 1. The van der Waals surface area contributed by atoms with Crippen molar-refractivity contribution in [3.8, 4) is 5.75 Å². The van der Waals surface area contributed by atoms with Gasteiger partial charge in [0.2, 0.25) is 0 Å². The summed E-state index contributed by atoms with van der Waals surface area (Å²) in [4.78, 5) is 15.5. The average molecular weight is 450 g/mol. The van der Waals surface area contributed by atoms with Gasteiger partial charge in [-0.3, -0.25) is 9.78 Å². The zero-order valence-corrected chi connectivity index (χ0v) is 19.6. The normalized spacial score (nSPS) is 28.4. The highest BCUT2D eigenvalue weighted by Gasteiger charge is 2.52. The van der Waals surface area contributed by atoms with E-state index in [1.165, 1.54) is 22.9 Å². The highest BCUT2D eigenvalue weighted by Crippen LogP contribution is 2.63. The molecular weight excluding hydrogens is 417 g/mol. The predicted octanol–water partition coefficient (Wildman–Crippen LogP) is 6.26. The summed E-state index contributed by atoms with van der Waals surface area (Å²) in [6, 6.07) is 7.96. The van der Waals surface area contributed by atoms with Crippen LogP contribution in [0.3, 0.4) is 0 Å². The zero-order valence-electron chi connectivity index (χ0n) is 19.6. The molecule has 4 unspecified atom stereocenters. The van der Waals surface area contributed by atoms with Crippen LogP contribution in [0.1, 0.15) is 69.1 Å². The van der Waals surface area contributed by atoms with Crippen LogP contribution < -0.4 is 4.74 Å². The van der Waals surface area contributed by atoms with Crippen molar-refractivity contribution >= 4 is 11.5 Å². The second-order valence-corrected chi connectivity index (χ2v) is 11.0. The number of carbonyl (C=O) groups is 1.